The number of carbonyl (C=O) groups is 2. The third-order valence-corrected chi connectivity index (χ3v) is 9.59. The molecule has 0 amide bonds. The van der Waals surface area contributed by atoms with Gasteiger partial charge in [0.05, 0.1) is 12.2 Å². The van der Waals surface area contributed by atoms with Crippen LogP contribution in [0.1, 0.15) is 66.2 Å². The summed E-state index contributed by atoms with van der Waals surface area (Å²) in [6.07, 6.45) is 1.96. The summed E-state index contributed by atoms with van der Waals surface area (Å²) in [7, 11) is 0. The average molecular weight is 437 g/mol. The fourth-order valence-corrected chi connectivity index (χ4v) is 8.29. The van der Waals surface area contributed by atoms with Gasteiger partial charge in [-0.15, -0.1) is 0 Å². The first-order valence-corrected chi connectivity index (χ1v) is 11.5. The largest absolute Gasteiger partial charge is 0.390 e. The van der Waals surface area contributed by atoms with Crippen LogP contribution in [0, 0.1) is 22.7 Å². The maximum absolute atomic E-state index is 17.2. The van der Waals surface area contributed by atoms with Crippen LogP contribution in [0.5, 0.6) is 0 Å². The monoisotopic (exact) mass is 436 g/mol. The quantitative estimate of drug-likeness (QED) is 0.691. The number of carbonyl (C=O) groups excluding carboxylic acids is 2. The van der Waals surface area contributed by atoms with Crippen LogP contribution in [0.15, 0.2) is 11.6 Å². The van der Waals surface area contributed by atoms with E-state index >= 15 is 4.39 Å². The highest BCUT2D eigenvalue weighted by Gasteiger charge is 2.80. The van der Waals surface area contributed by atoms with Gasteiger partial charge in [-0.1, -0.05) is 19.4 Å². The second-order valence-corrected chi connectivity index (χ2v) is 11.3. The lowest BCUT2D eigenvalue weighted by atomic mass is 9.44. The Morgan fingerprint density at radius 1 is 1.23 bits per heavy atom. The Bertz CT molecular complexity index is 883. The molecule has 3 saturated carbocycles. The van der Waals surface area contributed by atoms with Crippen LogP contribution >= 0.6 is 0 Å². The highest BCUT2D eigenvalue weighted by Crippen LogP contribution is 2.72. The predicted octanol–water partition coefficient (Wildman–Crippen LogP) is 2.64. The lowest BCUT2D eigenvalue weighted by Gasteiger charge is -2.63. The van der Waals surface area contributed by atoms with E-state index < -0.39 is 58.4 Å². The number of ketones is 2. The molecule has 5 aliphatic rings. The molecule has 172 valence electrons. The standard InChI is InChI=1S/C24H33FO6/c1-20(2)30-19-10-16-15-6-5-13-9-14(27)7-8-21(13,3)23(15,25)17(28)11-22(16,4)24(19,31-20)18(29)12-26/h9,15-17,19,26,28H,5-8,10-12H2,1-4H3/t15-,16-,17-,19?,21-,22-,23?,24+/m0/s1. The number of ether oxygens (including phenoxy) is 2. The maximum Gasteiger partial charge on any atom is 0.193 e. The molecule has 4 aliphatic carbocycles. The zero-order chi connectivity index (χ0) is 22.6. The van der Waals surface area contributed by atoms with Crippen LogP contribution in [0.3, 0.4) is 0 Å². The van der Waals surface area contributed by atoms with Crippen LogP contribution in [-0.4, -0.2) is 57.7 Å². The van der Waals surface area contributed by atoms with Crippen molar-refractivity contribution in [1.29, 1.82) is 0 Å². The summed E-state index contributed by atoms with van der Waals surface area (Å²) < 4.78 is 29.6. The fraction of sp³-hybridized carbons (Fsp3) is 0.833. The Morgan fingerprint density at radius 2 is 1.94 bits per heavy atom. The Morgan fingerprint density at radius 3 is 2.61 bits per heavy atom. The molecule has 1 saturated heterocycles. The zero-order valence-corrected chi connectivity index (χ0v) is 18.7. The van der Waals surface area contributed by atoms with Gasteiger partial charge < -0.3 is 19.7 Å². The molecular weight excluding hydrogens is 403 g/mol. The number of rotatable bonds is 2. The molecule has 2 unspecified atom stereocenters. The minimum absolute atomic E-state index is 0.0246. The van der Waals surface area contributed by atoms with Crippen LogP contribution in [-0.2, 0) is 19.1 Å². The molecule has 7 heteroatoms. The molecule has 1 heterocycles. The van der Waals surface area contributed by atoms with Crippen molar-refractivity contribution in [2.75, 3.05) is 6.61 Å². The summed E-state index contributed by atoms with van der Waals surface area (Å²) >= 11 is 0. The molecule has 0 aromatic heterocycles. The normalized spacial score (nSPS) is 52.6. The van der Waals surface area contributed by atoms with Crippen LogP contribution < -0.4 is 0 Å². The Balaban J connectivity index is 1.63. The third-order valence-electron chi connectivity index (χ3n) is 9.59. The third kappa shape index (κ3) is 2.36. The van der Waals surface area contributed by atoms with Gasteiger partial charge in [-0.2, -0.15) is 0 Å². The first kappa shape index (κ1) is 21.7. The molecular formula is C24H33FO6. The van der Waals surface area contributed by atoms with Crippen molar-refractivity contribution in [2.24, 2.45) is 22.7 Å². The van der Waals surface area contributed by atoms with Gasteiger partial charge >= 0.3 is 0 Å². The van der Waals surface area contributed by atoms with Gasteiger partial charge in [0.2, 0.25) is 0 Å². The Kier molecular flexibility index (Phi) is 4.37. The Hall–Kier alpha value is -1.15. The van der Waals surface area contributed by atoms with Crippen LogP contribution in [0.4, 0.5) is 4.39 Å². The maximum atomic E-state index is 17.2. The molecule has 4 fully saturated rings. The van der Waals surface area contributed by atoms with Crippen molar-refractivity contribution in [1.82, 2.24) is 0 Å². The topological polar surface area (TPSA) is 93.1 Å². The summed E-state index contributed by atoms with van der Waals surface area (Å²) in [6.45, 7) is 6.55. The SMILES string of the molecule is CC1(C)OC2C[C@H]3[C@@H]4CCC5=CC(=O)CC[C@]5(C)C4(F)[C@@H](O)C[C@]3(C)[C@]2(C(=O)CO)O1. The minimum Gasteiger partial charge on any atom is -0.390 e. The van der Waals surface area contributed by atoms with Crippen LogP contribution in [0.25, 0.3) is 0 Å². The van der Waals surface area contributed by atoms with Crippen molar-refractivity contribution >= 4 is 11.6 Å². The van der Waals surface area contributed by atoms with Gasteiger partial charge in [0, 0.05) is 23.2 Å². The molecule has 2 N–H and O–H groups in total. The first-order chi connectivity index (χ1) is 14.4. The van der Waals surface area contributed by atoms with Gasteiger partial charge in [0.1, 0.15) is 12.3 Å². The highest BCUT2D eigenvalue weighted by molar-refractivity contribution is 5.92. The Labute approximate surface area is 182 Å². The van der Waals surface area contributed by atoms with Crippen molar-refractivity contribution in [2.45, 2.75) is 95.5 Å². The summed E-state index contributed by atoms with van der Waals surface area (Å²) in [5.41, 5.74) is -4.26. The summed E-state index contributed by atoms with van der Waals surface area (Å²) in [5.74, 6) is -2.17. The average Bonchev–Trinajstić information content (AvgIpc) is 3.09. The molecule has 0 spiro atoms. The number of fused-ring (bicyclic) bond motifs is 7. The second-order valence-electron chi connectivity index (χ2n) is 11.3. The van der Waals surface area contributed by atoms with Crippen molar-refractivity contribution in [3.8, 4) is 0 Å². The fourth-order valence-electron chi connectivity index (χ4n) is 8.29. The number of allylic oxidation sites excluding steroid dienone is 1. The number of hydrogen-bond donors (Lipinski definition) is 2. The summed E-state index contributed by atoms with van der Waals surface area (Å²) in [4.78, 5) is 25.2. The minimum atomic E-state index is -1.89. The summed E-state index contributed by atoms with van der Waals surface area (Å²) in [6, 6.07) is 0. The smallest absolute Gasteiger partial charge is 0.193 e. The molecule has 5 rings (SSSR count). The zero-order valence-electron chi connectivity index (χ0n) is 18.7. The van der Waals surface area contributed by atoms with Gasteiger partial charge in [-0.05, 0) is 57.9 Å². The number of Topliss-reactive ketones (excluding diaryl/α,β-unsaturated/α-hetero) is 1. The molecule has 8 atom stereocenters. The molecule has 0 aromatic carbocycles. The molecule has 6 nitrogen and oxygen atoms in total. The molecule has 1 aliphatic heterocycles. The van der Waals surface area contributed by atoms with E-state index in [1.807, 2.05) is 13.8 Å². The van der Waals surface area contributed by atoms with Gasteiger partial charge in [0.15, 0.2) is 23.0 Å². The van der Waals surface area contributed by atoms with Crippen molar-refractivity contribution in [3.05, 3.63) is 11.6 Å². The molecule has 0 bridgehead atoms. The lowest BCUT2D eigenvalue weighted by molar-refractivity contribution is -0.251. The van der Waals surface area contributed by atoms with Gasteiger partial charge in [0.25, 0.3) is 0 Å². The summed E-state index contributed by atoms with van der Waals surface area (Å²) in [5, 5.41) is 21.2. The lowest BCUT2D eigenvalue weighted by Crippen LogP contribution is -2.70. The van der Waals surface area contributed by atoms with Crippen molar-refractivity contribution in [3.63, 3.8) is 0 Å². The van der Waals surface area contributed by atoms with E-state index in [0.29, 0.717) is 25.7 Å². The van der Waals surface area contributed by atoms with E-state index in [0.717, 1.165) is 5.57 Å². The number of halogens is 1. The van der Waals surface area contributed by atoms with E-state index in [2.05, 4.69) is 0 Å². The van der Waals surface area contributed by atoms with Gasteiger partial charge in [-0.25, -0.2) is 4.39 Å². The number of alkyl halides is 1. The second kappa shape index (κ2) is 6.25. The molecule has 0 radical (unpaired) electrons. The van der Waals surface area contributed by atoms with E-state index in [1.54, 1.807) is 19.9 Å². The van der Waals surface area contributed by atoms with Gasteiger partial charge in [-0.3, -0.25) is 9.59 Å². The van der Waals surface area contributed by atoms with E-state index in [4.69, 9.17) is 9.47 Å². The number of aliphatic hydroxyl groups excluding tert-OH is 2. The number of hydrogen-bond acceptors (Lipinski definition) is 6. The first-order valence-electron chi connectivity index (χ1n) is 11.5. The molecule has 0 aromatic rings. The highest BCUT2D eigenvalue weighted by atomic mass is 19.1. The van der Waals surface area contributed by atoms with Crippen LogP contribution in [0.2, 0.25) is 0 Å². The van der Waals surface area contributed by atoms with E-state index in [-0.39, 0.29) is 24.5 Å². The van der Waals surface area contributed by atoms with E-state index in [9.17, 15) is 19.8 Å². The predicted molar refractivity (Wildman–Crippen MR) is 109 cm³/mol. The van der Waals surface area contributed by atoms with E-state index in [1.165, 1.54) is 0 Å². The molecule has 31 heavy (non-hydrogen) atoms. The van der Waals surface area contributed by atoms with Crippen molar-refractivity contribution < 1.29 is 33.7 Å². The number of aliphatic hydroxyl groups is 2.